The molecule has 1 N–H and O–H groups in total. The second kappa shape index (κ2) is 4.30. The molecule has 0 aromatic carbocycles. The molecule has 3 fully saturated rings. The molecule has 4 unspecified atom stereocenters. The van der Waals surface area contributed by atoms with Gasteiger partial charge in [-0.05, 0) is 56.0 Å². The standard InChI is InChI=1S/C14H26N2/c1-3-16(4-2)8-7-15-14-12-10-5-6-11(9-10)13(12)14/h10-15H,3-9H2,1-2H3. The molecule has 0 saturated heterocycles. The summed E-state index contributed by atoms with van der Waals surface area (Å²) < 4.78 is 0. The molecule has 0 spiro atoms. The Hall–Kier alpha value is -0.0800. The van der Waals surface area contributed by atoms with Crippen LogP contribution in [0.2, 0.25) is 0 Å². The number of rotatable bonds is 6. The Kier molecular flexibility index (Phi) is 2.97. The maximum Gasteiger partial charge on any atom is 0.0136 e. The molecule has 92 valence electrons. The predicted octanol–water partition coefficient (Wildman–Crippen LogP) is 1.96. The van der Waals surface area contributed by atoms with Gasteiger partial charge in [0.05, 0.1) is 0 Å². The van der Waals surface area contributed by atoms with Crippen molar-refractivity contribution in [2.75, 3.05) is 26.2 Å². The molecular formula is C14H26N2. The minimum absolute atomic E-state index is 0.918. The Labute approximate surface area is 99.8 Å². The van der Waals surface area contributed by atoms with Crippen molar-refractivity contribution in [1.82, 2.24) is 10.2 Å². The van der Waals surface area contributed by atoms with Crippen LogP contribution in [0.1, 0.15) is 33.1 Å². The average Bonchev–Trinajstić information content (AvgIpc) is 2.72. The smallest absolute Gasteiger partial charge is 0.0136 e. The van der Waals surface area contributed by atoms with Crippen LogP contribution in [-0.4, -0.2) is 37.1 Å². The molecule has 16 heavy (non-hydrogen) atoms. The van der Waals surface area contributed by atoms with Crippen molar-refractivity contribution in [2.45, 2.75) is 39.2 Å². The summed E-state index contributed by atoms with van der Waals surface area (Å²) in [7, 11) is 0. The summed E-state index contributed by atoms with van der Waals surface area (Å²) in [5.74, 6) is 4.41. The first-order chi connectivity index (χ1) is 7.85. The quantitative estimate of drug-likeness (QED) is 0.739. The first-order valence-corrected chi connectivity index (χ1v) is 7.30. The minimum Gasteiger partial charge on any atom is -0.312 e. The van der Waals surface area contributed by atoms with Gasteiger partial charge in [-0.25, -0.2) is 0 Å². The van der Waals surface area contributed by atoms with Crippen LogP contribution in [0.15, 0.2) is 0 Å². The number of likely N-dealkylation sites (N-methyl/N-ethyl adjacent to an activating group) is 1. The van der Waals surface area contributed by atoms with Gasteiger partial charge < -0.3 is 10.2 Å². The highest BCUT2D eigenvalue weighted by Crippen LogP contribution is 2.65. The lowest BCUT2D eigenvalue weighted by molar-refractivity contribution is 0.298. The van der Waals surface area contributed by atoms with Gasteiger partial charge in [-0.2, -0.15) is 0 Å². The van der Waals surface area contributed by atoms with Crippen LogP contribution < -0.4 is 5.32 Å². The Morgan fingerprint density at radius 3 is 2.25 bits per heavy atom. The number of fused-ring (bicyclic) bond motifs is 5. The molecule has 3 saturated carbocycles. The van der Waals surface area contributed by atoms with Crippen LogP contribution >= 0.6 is 0 Å². The first kappa shape index (κ1) is 11.0. The van der Waals surface area contributed by atoms with E-state index in [0.717, 1.165) is 29.7 Å². The Balaban J connectivity index is 1.39. The van der Waals surface area contributed by atoms with E-state index in [1.165, 1.54) is 26.2 Å². The van der Waals surface area contributed by atoms with Gasteiger partial charge in [0.2, 0.25) is 0 Å². The maximum atomic E-state index is 3.82. The third-order valence-electron chi connectivity index (χ3n) is 5.44. The third kappa shape index (κ3) is 1.70. The Morgan fingerprint density at radius 1 is 1.06 bits per heavy atom. The van der Waals surface area contributed by atoms with Crippen LogP contribution in [-0.2, 0) is 0 Å². The van der Waals surface area contributed by atoms with Crippen molar-refractivity contribution in [3.63, 3.8) is 0 Å². The van der Waals surface area contributed by atoms with E-state index in [0.29, 0.717) is 0 Å². The summed E-state index contributed by atoms with van der Waals surface area (Å²) in [6.45, 7) is 9.35. The van der Waals surface area contributed by atoms with E-state index < -0.39 is 0 Å². The molecular weight excluding hydrogens is 196 g/mol. The van der Waals surface area contributed by atoms with Crippen molar-refractivity contribution in [1.29, 1.82) is 0 Å². The summed E-state index contributed by atoms with van der Waals surface area (Å²) in [6, 6.07) is 0.918. The van der Waals surface area contributed by atoms with Crippen LogP contribution in [0.4, 0.5) is 0 Å². The van der Waals surface area contributed by atoms with Gasteiger partial charge in [0.25, 0.3) is 0 Å². The zero-order chi connectivity index (χ0) is 11.1. The maximum absolute atomic E-state index is 3.82. The van der Waals surface area contributed by atoms with Crippen LogP contribution in [0.25, 0.3) is 0 Å². The molecule has 0 aliphatic heterocycles. The van der Waals surface area contributed by atoms with E-state index in [4.69, 9.17) is 0 Å². The molecule has 3 aliphatic carbocycles. The monoisotopic (exact) mass is 222 g/mol. The molecule has 3 aliphatic rings. The highest BCUT2D eigenvalue weighted by Gasteiger charge is 2.64. The van der Waals surface area contributed by atoms with Crippen molar-refractivity contribution in [3.05, 3.63) is 0 Å². The topological polar surface area (TPSA) is 15.3 Å². The zero-order valence-corrected chi connectivity index (χ0v) is 10.8. The normalized spacial score (nSPS) is 44.1. The number of hydrogen-bond acceptors (Lipinski definition) is 2. The Bertz CT molecular complexity index is 233. The van der Waals surface area contributed by atoms with E-state index in [-0.39, 0.29) is 0 Å². The van der Waals surface area contributed by atoms with Gasteiger partial charge in [0, 0.05) is 19.1 Å². The average molecular weight is 222 g/mol. The van der Waals surface area contributed by atoms with Crippen LogP contribution in [0, 0.1) is 23.7 Å². The summed E-state index contributed by atoms with van der Waals surface area (Å²) >= 11 is 0. The van der Waals surface area contributed by atoms with Crippen LogP contribution in [0.3, 0.4) is 0 Å². The van der Waals surface area contributed by atoms with Gasteiger partial charge in [-0.1, -0.05) is 13.8 Å². The SMILES string of the molecule is CCN(CC)CCNC1C2C3CCC(C3)C12. The fourth-order valence-corrected chi connectivity index (χ4v) is 4.53. The molecule has 2 nitrogen and oxygen atoms in total. The van der Waals surface area contributed by atoms with E-state index in [1.54, 1.807) is 19.3 Å². The van der Waals surface area contributed by atoms with Gasteiger partial charge >= 0.3 is 0 Å². The van der Waals surface area contributed by atoms with Crippen molar-refractivity contribution < 1.29 is 0 Å². The molecule has 2 heteroatoms. The third-order valence-corrected chi connectivity index (χ3v) is 5.44. The van der Waals surface area contributed by atoms with Crippen molar-refractivity contribution in [2.24, 2.45) is 23.7 Å². The summed E-state index contributed by atoms with van der Waals surface area (Å²) in [5.41, 5.74) is 0. The predicted molar refractivity (Wildman–Crippen MR) is 67.4 cm³/mol. The lowest BCUT2D eigenvalue weighted by atomic mass is 10.0. The molecule has 0 aromatic rings. The minimum atomic E-state index is 0.918. The molecule has 3 rings (SSSR count). The fraction of sp³-hybridized carbons (Fsp3) is 1.00. The summed E-state index contributed by atoms with van der Waals surface area (Å²) in [4.78, 5) is 2.51. The first-order valence-electron chi connectivity index (χ1n) is 7.30. The van der Waals surface area contributed by atoms with E-state index >= 15 is 0 Å². The second-order valence-electron chi connectivity index (χ2n) is 5.99. The van der Waals surface area contributed by atoms with Crippen molar-refractivity contribution in [3.8, 4) is 0 Å². The van der Waals surface area contributed by atoms with E-state index in [1.807, 2.05) is 0 Å². The van der Waals surface area contributed by atoms with E-state index in [2.05, 4.69) is 24.1 Å². The largest absolute Gasteiger partial charge is 0.312 e. The highest BCUT2D eigenvalue weighted by molar-refractivity contribution is 5.16. The zero-order valence-electron chi connectivity index (χ0n) is 10.8. The summed E-state index contributed by atoms with van der Waals surface area (Å²) in [5, 5.41) is 3.82. The lowest BCUT2D eigenvalue weighted by Crippen LogP contribution is -2.34. The second-order valence-corrected chi connectivity index (χ2v) is 5.99. The molecule has 0 amide bonds. The van der Waals surface area contributed by atoms with Crippen molar-refractivity contribution >= 4 is 0 Å². The molecule has 2 bridgehead atoms. The molecule has 0 heterocycles. The highest BCUT2D eigenvalue weighted by atomic mass is 15.1. The number of nitrogens with zero attached hydrogens (tertiary/aromatic N) is 1. The Morgan fingerprint density at radius 2 is 1.69 bits per heavy atom. The fourth-order valence-electron chi connectivity index (χ4n) is 4.53. The molecule has 0 radical (unpaired) electrons. The summed E-state index contributed by atoms with van der Waals surface area (Å²) in [6.07, 6.45) is 4.66. The number of nitrogens with one attached hydrogen (secondary N) is 1. The van der Waals surface area contributed by atoms with Gasteiger partial charge in [-0.15, -0.1) is 0 Å². The van der Waals surface area contributed by atoms with E-state index in [9.17, 15) is 0 Å². The molecule has 4 atom stereocenters. The van der Waals surface area contributed by atoms with Gasteiger partial charge in [-0.3, -0.25) is 0 Å². The van der Waals surface area contributed by atoms with Gasteiger partial charge in [0.15, 0.2) is 0 Å². The molecule has 0 aromatic heterocycles. The van der Waals surface area contributed by atoms with Crippen LogP contribution in [0.5, 0.6) is 0 Å². The lowest BCUT2D eigenvalue weighted by Gasteiger charge is -2.19. The van der Waals surface area contributed by atoms with Gasteiger partial charge in [0.1, 0.15) is 0 Å². The number of hydrogen-bond donors (Lipinski definition) is 1.